The fourth-order valence-electron chi connectivity index (χ4n) is 3.22. The Morgan fingerprint density at radius 2 is 2.18 bits per heavy atom. The molecule has 1 aromatic carbocycles. The van der Waals surface area contributed by atoms with Gasteiger partial charge in [0.1, 0.15) is 5.82 Å². The van der Waals surface area contributed by atoms with Gasteiger partial charge in [0.25, 0.3) is 0 Å². The molecule has 4 heteroatoms. The molecule has 0 radical (unpaired) electrons. The number of imidazole rings is 1. The first-order chi connectivity index (χ1) is 10.7. The number of rotatable bonds is 5. The molecule has 1 saturated heterocycles. The standard InChI is InChI=1S/C18H25N3O/c1-14(12-15-6-10-22-11-7-15)20-17-5-3-4-16(13-17)18-19-8-9-21(18)2/h3-5,8-9,13-15,20H,6-7,10-12H2,1-2H3. The highest BCUT2D eigenvalue weighted by Crippen LogP contribution is 2.24. The number of hydrogen-bond acceptors (Lipinski definition) is 3. The number of ether oxygens (including phenoxy) is 1. The van der Waals surface area contributed by atoms with Crippen LogP contribution in [0.3, 0.4) is 0 Å². The summed E-state index contributed by atoms with van der Waals surface area (Å²) in [5.74, 6) is 1.79. The van der Waals surface area contributed by atoms with Crippen LogP contribution in [0.15, 0.2) is 36.7 Å². The average molecular weight is 299 g/mol. The second-order valence-electron chi connectivity index (χ2n) is 6.28. The molecule has 0 amide bonds. The Balaban J connectivity index is 1.63. The van der Waals surface area contributed by atoms with Crippen LogP contribution < -0.4 is 5.32 Å². The third kappa shape index (κ3) is 3.69. The minimum atomic E-state index is 0.472. The predicted octanol–water partition coefficient (Wildman–Crippen LogP) is 3.70. The largest absolute Gasteiger partial charge is 0.383 e. The van der Waals surface area contributed by atoms with Gasteiger partial charge in [-0.05, 0) is 44.2 Å². The summed E-state index contributed by atoms with van der Waals surface area (Å²) < 4.78 is 7.48. The highest BCUT2D eigenvalue weighted by atomic mass is 16.5. The summed E-state index contributed by atoms with van der Waals surface area (Å²) in [5.41, 5.74) is 2.32. The van der Waals surface area contributed by atoms with E-state index in [1.54, 1.807) is 0 Å². The van der Waals surface area contributed by atoms with Crippen molar-refractivity contribution in [3.05, 3.63) is 36.7 Å². The summed E-state index contributed by atoms with van der Waals surface area (Å²) in [4.78, 5) is 4.42. The number of nitrogens with one attached hydrogen (secondary N) is 1. The maximum atomic E-state index is 5.44. The predicted molar refractivity (Wildman–Crippen MR) is 89.9 cm³/mol. The third-order valence-corrected chi connectivity index (χ3v) is 4.38. The first-order valence-electron chi connectivity index (χ1n) is 8.14. The maximum Gasteiger partial charge on any atom is 0.139 e. The van der Waals surface area contributed by atoms with Gasteiger partial charge in [-0.3, -0.25) is 0 Å². The van der Waals surface area contributed by atoms with E-state index in [4.69, 9.17) is 4.74 Å². The third-order valence-electron chi connectivity index (χ3n) is 4.38. The van der Waals surface area contributed by atoms with Crippen molar-refractivity contribution in [2.24, 2.45) is 13.0 Å². The van der Waals surface area contributed by atoms with Crippen molar-refractivity contribution in [2.45, 2.75) is 32.2 Å². The molecule has 0 saturated carbocycles. The van der Waals surface area contributed by atoms with Crippen LogP contribution in [-0.2, 0) is 11.8 Å². The Bertz CT molecular complexity index is 602. The number of hydrogen-bond donors (Lipinski definition) is 1. The fourth-order valence-corrected chi connectivity index (χ4v) is 3.22. The van der Waals surface area contributed by atoms with Gasteiger partial charge in [0, 0.05) is 49.9 Å². The SMILES string of the molecule is CC(CC1CCOCC1)Nc1cccc(-c2nccn2C)c1. The van der Waals surface area contributed by atoms with Gasteiger partial charge < -0.3 is 14.6 Å². The normalized spacial score (nSPS) is 17.4. The molecule has 0 spiro atoms. The molecule has 1 atom stereocenters. The fraction of sp³-hybridized carbons (Fsp3) is 0.500. The first kappa shape index (κ1) is 15.1. The van der Waals surface area contributed by atoms with Crippen LogP contribution in [0, 0.1) is 5.92 Å². The van der Waals surface area contributed by atoms with Crippen molar-refractivity contribution in [3.63, 3.8) is 0 Å². The first-order valence-corrected chi connectivity index (χ1v) is 8.14. The van der Waals surface area contributed by atoms with Gasteiger partial charge in [-0.1, -0.05) is 12.1 Å². The quantitative estimate of drug-likeness (QED) is 0.915. The van der Waals surface area contributed by atoms with E-state index >= 15 is 0 Å². The van der Waals surface area contributed by atoms with Gasteiger partial charge in [-0.15, -0.1) is 0 Å². The highest BCUT2D eigenvalue weighted by Gasteiger charge is 2.16. The molecule has 2 heterocycles. The van der Waals surface area contributed by atoms with Crippen molar-refractivity contribution in [2.75, 3.05) is 18.5 Å². The number of anilines is 1. The van der Waals surface area contributed by atoms with E-state index in [0.717, 1.165) is 30.5 Å². The van der Waals surface area contributed by atoms with Crippen LogP contribution in [0.25, 0.3) is 11.4 Å². The average Bonchev–Trinajstić information content (AvgIpc) is 2.94. The Hall–Kier alpha value is -1.81. The molecule has 118 valence electrons. The number of nitrogens with zero attached hydrogens (tertiary/aromatic N) is 2. The Morgan fingerprint density at radius 3 is 2.91 bits per heavy atom. The van der Waals surface area contributed by atoms with Crippen LogP contribution in [0.1, 0.15) is 26.2 Å². The summed E-state index contributed by atoms with van der Waals surface area (Å²) >= 11 is 0. The lowest BCUT2D eigenvalue weighted by Crippen LogP contribution is -2.24. The molecule has 0 aliphatic carbocycles. The molecule has 22 heavy (non-hydrogen) atoms. The van der Waals surface area contributed by atoms with Crippen LogP contribution >= 0.6 is 0 Å². The molecule has 4 nitrogen and oxygen atoms in total. The van der Waals surface area contributed by atoms with Crippen molar-refractivity contribution in [1.29, 1.82) is 0 Å². The lowest BCUT2D eigenvalue weighted by atomic mass is 9.93. The topological polar surface area (TPSA) is 39.1 Å². The summed E-state index contributed by atoms with van der Waals surface area (Å²) in [6.07, 6.45) is 7.40. The van der Waals surface area contributed by atoms with Gasteiger partial charge in [-0.2, -0.15) is 0 Å². The Labute approximate surface area is 132 Å². The summed E-state index contributed by atoms with van der Waals surface area (Å²) in [7, 11) is 2.02. The van der Waals surface area contributed by atoms with Crippen LogP contribution in [-0.4, -0.2) is 28.8 Å². The molecule has 3 rings (SSSR count). The zero-order valence-corrected chi connectivity index (χ0v) is 13.5. The highest BCUT2D eigenvalue weighted by molar-refractivity contribution is 5.62. The second-order valence-corrected chi connectivity index (χ2v) is 6.28. The zero-order valence-electron chi connectivity index (χ0n) is 13.5. The Morgan fingerprint density at radius 1 is 1.36 bits per heavy atom. The molecule has 0 bridgehead atoms. The van der Waals surface area contributed by atoms with Crippen LogP contribution in [0.2, 0.25) is 0 Å². The van der Waals surface area contributed by atoms with E-state index < -0.39 is 0 Å². The van der Waals surface area contributed by atoms with Crippen molar-refractivity contribution >= 4 is 5.69 Å². The minimum absolute atomic E-state index is 0.472. The number of aromatic nitrogens is 2. The Kier molecular flexibility index (Phi) is 4.78. The summed E-state index contributed by atoms with van der Waals surface area (Å²) in [6, 6.07) is 8.99. The molecule has 2 aromatic rings. The molecule has 1 fully saturated rings. The van der Waals surface area contributed by atoms with E-state index in [1.165, 1.54) is 24.9 Å². The second kappa shape index (κ2) is 6.97. The van der Waals surface area contributed by atoms with E-state index in [2.05, 4.69) is 41.5 Å². The maximum absolute atomic E-state index is 5.44. The zero-order chi connectivity index (χ0) is 15.4. The molecule has 1 aliphatic heterocycles. The van der Waals surface area contributed by atoms with E-state index in [1.807, 2.05) is 24.0 Å². The molecular weight excluding hydrogens is 274 g/mol. The van der Waals surface area contributed by atoms with Gasteiger partial charge >= 0.3 is 0 Å². The van der Waals surface area contributed by atoms with E-state index in [-0.39, 0.29) is 0 Å². The summed E-state index contributed by atoms with van der Waals surface area (Å²) in [6.45, 7) is 4.11. The number of benzene rings is 1. The number of aryl methyl sites for hydroxylation is 1. The van der Waals surface area contributed by atoms with Crippen LogP contribution in [0.5, 0.6) is 0 Å². The monoisotopic (exact) mass is 299 g/mol. The minimum Gasteiger partial charge on any atom is -0.383 e. The van der Waals surface area contributed by atoms with Crippen LogP contribution in [0.4, 0.5) is 5.69 Å². The van der Waals surface area contributed by atoms with Crippen molar-refractivity contribution in [1.82, 2.24) is 9.55 Å². The van der Waals surface area contributed by atoms with Gasteiger partial charge in [-0.25, -0.2) is 4.98 Å². The molecule has 1 N–H and O–H groups in total. The lowest BCUT2D eigenvalue weighted by molar-refractivity contribution is 0.0629. The molecule has 1 aromatic heterocycles. The summed E-state index contributed by atoms with van der Waals surface area (Å²) in [5, 5.41) is 3.63. The molecule has 1 unspecified atom stereocenters. The van der Waals surface area contributed by atoms with E-state index in [9.17, 15) is 0 Å². The van der Waals surface area contributed by atoms with Gasteiger partial charge in [0.2, 0.25) is 0 Å². The molecule has 1 aliphatic rings. The molecular formula is C18H25N3O. The van der Waals surface area contributed by atoms with Gasteiger partial charge in [0.15, 0.2) is 0 Å². The van der Waals surface area contributed by atoms with E-state index in [0.29, 0.717) is 6.04 Å². The van der Waals surface area contributed by atoms with Gasteiger partial charge in [0.05, 0.1) is 0 Å². The van der Waals surface area contributed by atoms with Crippen molar-refractivity contribution < 1.29 is 4.74 Å². The smallest absolute Gasteiger partial charge is 0.139 e. The lowest BCUT2D eigenvalue weighted by Gasteiger charge is -2.26. The van der Waals surface area contributed by atoms with Crippen molar-refractivity contribution in [3.8, 4) is 11.4 Å².